The van der Waals surface area contributed by atoms with Crippen LogP contribution in [0.1, 0.15) is 6.42 Å². The molecule has 2 N–H and O–H groups in total. The molecule has 2 rings (SSSR count). The fraction of sp³-hybridized carbons (Fsp3) is 0.364. The Balaban J connectivity index is 2.35. The number of nitrogen functional groups attached to an aromatic ring is 1. The van der Waals surface area contributed by atoms with E-state index in [9.17, 15) is 13.6 Å². The molecule has 3 nitrogen and oxygen atoms in total. The van der Waals surface area contributed by atoms with Crippen LogP contribution in [0.2, 0.25) is 0 Å². The second kappa shape index (κ2) is 4.60. The zero-order valence-electron chi connectivity index (χ0n) is 8.92. The Kier molecular flexibility index (Phi) is 3.33. The lowest BCUT2D eigenvalue weighted by molar-refractivity contribution is -0.117. The monoisotopic (exact) mass is 304 g/mol. The summed E-state index contributed by atoms with van der Waals surface area (Å²) in [5.74, 6) is -1.94. The number of carbonyl (C=O) groups is 1. The average Bonchev–Trinajstić information content (AvgIpc) is 2.65. The van der Waals surface area contributed by atoms with Crippen LogP contribution in [-0.2, 0) is 4.79 Å². The molecule has 1 amide bonds. The van der Waals surface area contributed by atoms with Gasteiger partial charge in [0.15, 0.2) is 11.6 Å². The van der Waals surface area contributed by atoms with Crippen molar-refractivity contribution in [1.82, 2.24) is 0 Å². The van der Waals surface area contributed by atoms with Gasteiger partial charge < -0.3 is 10.6 Å². The van der Waals surface area contributed by atoms with Crippen molar-refractivity contribution >= 4 is 33.2 Å². The van der Waals surface area contributed by atoms with Crippen LogP contribution in [0.3, 0.4) is 0 Å². The van der Waals surface area contributed by atoms with E-state index >= 15 is 0 Å². The topological polar surface area (TPSA) is 46.3 Å². The number of halogens is 3. The Hall–Kier alpha value is -1.17. The van der Waals surface area contributed by atoms with Crippen LogP contribution in [0.15, 0.2) is 12.1 Å². The highest BCUT2D eigenvalue weighted by atomic mass is 79.9. The normalized spacial score (nSPS) is 20.1. The highest BCUT2D eigenvalue weighted by molar-refractivity contribution is 9.09. The molecule has 1 aromatic carbocycles. The highest BCUT2D eigenvalue weighted by Crippen LogP contribution is 2.31. The van der Waals surface area contributed by atoms with Gasteiger partial charge in [-0.2, -0.15) is 0 Å². The maximum Gasteiger partial charge on any atom is 0.227 e. The highest BCUT2D eigenvalue weighted by Gasteiger charge is 2.31. The number of carbonyl (C=O) groups excluding carboxylic acids is 1. The summed E-state index contributed by atoms with van der Waals surface area (Å²) in [5, 5.41) is 0.693. The number of anilines is 2. The van der Waals surface area contributed by atoms with Gasteiger partial charge in [-0.15, -0.1) is 0 Å². The Morgan fingerprint density at radius 3 is 2.65 bits per heavy atom. The van der Waals surface area contributed by atoms with Gasteiger partial charge in [0, 0.05) is 30.4 Å². The van der Waals surface area contributed by atoms with Gasteiger partial charge in [0.25, 0.3) is 0 Å². The SMILES string of the molecule is Nc1cc(F)c(F)cc1N1CC(CBr)CC1=O. The molecule has 92 valence electrons. The van der Waals surface area contributed by atoms with Gasteiger partial charge in [-0.05, 0) is 5.92 Å². The van der Waals surface area contributed by atoms with Crippen LogP contribution >= 0.6 is 15.9 Å². The van der Waals surface area contributed by atoms with Gasteiger partial charge >= 0.3 is 0 Å². The minimum Gasteiger partial charge on any atom is -0.397 e. The van der Waals surface area contributed by atoms with Gasteiger partial charge in [0.05, 0.1) is 11.4 Å². The number of nitrogens with two attached hydrogens (primary N) is 1. The predicted molar refractivity (Wildman–Crippen MR) is 65.0 cm³/mol. The van der Waals surface area contributed by atoms with Gasteiger partial charge in [-0.25, -0.2) is 8.78 Å². The lowest BCUT2D eigenvalue weighted by atomic mass is 10.2. The van der Waals surface area contributed by atoms with Crippen LogP contribution in [0, 0.1) is 17.6 Å². The molecule has 0 spiro atoms. The second-order valence-electron chi connectivity index (χ2n) is 4.05. The summed E-state index contributed by atoms with van der Waals surface area (Å²) < 4.78 is 26.1. The van der Waals surface area contributed by atoms with Gasteiger partial charge in [0.1, 0.15) is 0 Å². The molecule has 0 radical (unpaired) electrons. The minimum absolute atomic E-state index is 0.0764. The number of hydrogen-bond donors (Lipinski definition) is 1. The number of rotatable bonds is 2. The van der Waals surface area contributed by atoms with E-state index in [-0.39, 0.29) is 23.2 Å². The van der Waals surface area contributed by atoms with Crippen molar-refractivity contribution in [2.24, 2.45) is 5.92 Å². The first-order chi connectivity index (χ1) is 8.02. The summed E-state index contributed by atoms with van der Waals surface area (Å²) >= 11 is 3.30. The molecule has 17 heavy (non-hydrogen) atoms. The molecule has 0 saturated carbocycles. The average molecular weight is 305 g/mol. The molecule has 1 atom stereocenters. The summed E-state index contributed by atoms with van der Waals surface area (Å²) in [7, 11) is 0. The Morgan fingerprint density at radius 2 is 2.06 bits per heavy atom. The molecule has 1 aromatic rings. The van der Waals surface area contributed by atoms with E-state index in [0.29, 0.717) is 18.3 Å². The zero-order valence-corrected chi connectivity index (χ0v) is 10.5. The van der Waals surface area contributed by atoms with Crippen LogP contribution in [0.5, 0.6) is 0 Å². The van der Waals surface area contributed by atoms with Crippen LogP contribution < -0.4 is 10.6 Å². The Morgan fingerprint density at radius 1 is 1.41 bits per heavy atom. The van der Waals surface area contributed by atoms with E-state index in [1.165, 1.54) is 4.90 Å². The number of hydrogen-bond acceptors (Lipinski definition) is 2. The Bertz CT molecular complexity index is 467. The van der Waals surface area contributed by atoms with Crippen molar-refractivity contribution in [2.75, 3.05) is 22.5 Å². The third-order valence-corrected chi connectivity index (χ3v) is 3.70. The lowest BCUT2D eigenvalue weighted by Crippen LogP contribution is -2.26. The fourth-order valence-electron chi connectivity index (χ4n) is 1.90. The van der Waals surface area contributed by atoms with Gasteiger partial charge in [0.2, 0.25) is 5.91 Å². The molecular weight excluding hydrogens is 294 g/mol. The molecule has 0 bridgehead atoms. The van der Waals surface area contributed by atoms with Gasteiger partial charge in [-0.3, -0.25) is 4.79 Å². The van der Waals surface area contributed by atoms with Crippen molar-refractivity contribution in [1.29, 1.82) is 0 Å². The number of alkyl halides is 1. The van der Waals surface area contributed by atoms with Crippen LogP contribution in [0.25, 0.3) is 0 Å². The molecule has 1 saturated heterocycles. The Labute approximate surface area is 106 Å². The van der Waals surface area contributed by atoms with Gasteiger partial charge in [-0.1, -0.05) is 15.9 Å². The largest absolute Gasteiger partial charge is 0.397 e. The first kappa shape index (κ1) is 12.3. The van der Waals surface area contributed by atoms with E-state index < -0.39 is 11.6 Å². The van der Waals surface area contributed by atoms with E-state index in [4.69, 9.17) is 5.73 Å². The van der Waals surface area contributed by atoms with Crippen molar-refractivity contribution in [2.45, 2.75) is 6.42 Å². The maximum atomic E-state index is 13.1. The number of nitrogens with zero attached hydrogens (tertiary/aromatic N) is 1. The molecule has 0 aromatic heterocycles. The summed E-state index contributed by atoms with van der Waals surface area (Å²) in [4.78, 5) is 13.1. The standard InChI is InChI=1S/C11H11BrF2N2O/c12-4-6-1-11(17)16(5-6)10-3-8(14)7(13)2-9(10)15/h2-3,6H,1,4-5,15H2. The molecule has 0 aliphatic carbocycles. The number of amides is 1. The third kappa shape index (κ3) is 2.26. The molecule has 1 aliphatic heterocycles. The smallest absolute Gasteiger partial charge is 0.227 e. The maximum absolute atomic E-state index is 13.1. The minimum atomic E-state index is -1.00. The third-order valence-electron chi connectivity index (χ3n) is 2.78. The van der Waals surface area contributed by atoms with Crippen LogP contribution in [0.4, 0.5) is 20.2 Å². The second-order valence-corrected chi connectivity index (χ2v) is 4.70. The van der Waals surface area contributed by atoms with Crippen molar-refractivity contribution in [3.63, 3.8) is 0 Å². The predicted octanol–water partition coefficient (Wildman–Crippen LogP) is 2.29. The lowest BCUT2D eigenvalue weighted by Gasteiger charge is -2.18. The zero-order chi connectivity index (χ0) is 12.6. The molecule has 1 heterocycles. The van der Waals surface area contributed by atoms with Crippen molar-refractivity contribution in [3.8, 4) is 0 Å². The summed E-state index contributed by atoms with van der Waals surface area (Å²) in [6, 6.07) is 1.87. The first-order valence-corrected chi connectivity index (χ1v) is 6.26. The summed E-state index contributed by atoms with van der Waals surface area (Å²) in [6.45, 7) is 0.472. The first-order valence-electron chi connectivity index (χ1n) is 5.13. The van der Waals surface area contributed by atoms with Crippen molar-refractivity contribution < 1.29 is 13.6 Å². The van der Waals surface area contributed by atoms with E-state index in [0.717, 1.165) is 12.1 Å². The van der Waals surface area contributed by atoms with Crippen molar-refractivity contribution in [3.05, 3.63) is 23.8 Å². The fourth-order valence-corrected chi connectivity index (χ4v) is 2.34. The number of benzene rings is 1. The van der Waals surface area contributed by atoms with E-state index in [1.807, 2.05) is 0 Å². The van der Waals surface area contributed by atoms with Crippen LogP contribution in [-0.4, -0.2) is 17.8 Å². The summed E-state index contributed by atoms with van der Waals surface area (Å²) in [6.07, 6.45) is 0.393. The molecular formula is C11H11BrF2N2O. The quantitative estimate of drug-likeness (QED) is 0.673. The summed E-state index contributed by atoms with van der Waals surface area (Å²) in [5.41, 5.74) is 5.93. The molecule has 1 unspecified atom stereocenters. The molecule has 1 aliphatic rings. The van der Waals surface area contributed by atoms with E-state index in [1.54, 1.807) is 0 Å². The molecule has 6 heteroatoms. The molecule has 1 fully saturated rings. The van der Waals surface area contributed by atoms with E-state index in [2.05, 4.69) is 15.9 Å².